The van der Waals surface area contributed by atoms with E-state index in [-0.39, 0.29) is 0 Å². The van der Waals surface area contributed by atoms with Crippen molar-refractivity contribution in [3.05, 3.63) is 206 Å². The lowest BCUT2D eigenvalue weighted by Gasteiger charge is -2.30. The number of fused-ring (bicyclic) bond motifs is 9. The van der Waals surface area contributed by atoms with Crippen LogP contribution in [0, 0.1) is 0 Å². The topological polar surface area (TPSA) is 6.48 Å². The molecular weight excluding hydrogens is 765 g/mol. The van der Waals surface area contributed by atoms with Crippen LogP contribution in [-0.2, 0) is 0 Å². The molecule has 0 unspecified atom stereocenters. The molecule has 2 heterocycles. The standard InChI is InChI=1S/C56H34N2S2/c1-3-13-37(14-4-1)57(39-27-29-43-41-17-9-11-21-49(41)59-51(43)33-39)47-31-25-35-23-24-36-26-32-48(56-46-20-8-7-19-45(46)55(47)53(35)54(36)56)58(38-15-5-2-6-16-38)40-28-30-44-42-18-10-12-22-50(42)60-52(44)34-40/h1-34H. The van der Waals surface area contributed by atoms with Gasteiger partial charge >= 0.3 is 0 Å². The molecule has 280 valence electrons. The number of hydrogen-bond acceptors (Lipinski definition) is 4. The van der Waals surface area contributed by atoms with Crippen LogP contribution in [-0.4, -0.2) is 0 Å². The minimum Gasteiger partial charge on any atom is -0.310 e. The fraction of sp³-hybridized carbons (Fsp3) is 0. The molecule has 0 atom stereocenters. The Hall–Kier alpha value is -7.24. The second-order valence-corrected chi connectivity index (χ2v) is 17.8. The lowest BCUT2D eigenvalue weighted by molar-refractivity contribution is 1.31. The Balaban J connectivity index is 1.11. The van der Waals surface area contributed by atoms with Gasteiger partial charge in [-0.25, -0.2) is 0 Å². The molecule has 2 aromatic heterocycles. The highest BCUT2D eigenvalue weighted by Crippen LogP contribution is 2.52. The van der Waals surface area contributed by atoms with Crippen LogP contribution in [0.25, 0.3) is 83.4 Å². The van der Waals surface area contributed by atoms with Crippen molar-refractivity contribution in [2.45, 2.75) is 0 Å². The smallest absolute Gasteiger partial charge is 0.0546 e. The second-order valence-electron chi connectivity index (χ2n) is 15.6. The maximum absolute atomic E-state index is 2.47. The molecule has 11 aromatic carbocycles. The number of thiophene rings is 2. The van der Waals surface area contributed by atoms with Crippen LogP contribution in [0.2, 0.25) is 0 Å². The number of nitrogens with zero attached hydrogens (tertiary/aromatic N) is 2. The normalized spacial score (nSPS) is 12.0. The van der Waals surface area contributed by atoms with E-state index >= 15 is 0 Å². The van der Waals surface area contributed by atoms with Crippen LogP contribution in [0.3, 0.4) is 0 Å². The summed E-state index contributed by atoms with van der Waals surface area (Å²) in [6.45, 7) is 0. The molecular formula is C56H34N2S2. The summed E-state index contributed by atoms with van der Waals surface area (Å²) < 4.78 is 5.20. The van der Waals surface area contributed by atoms with Crippen molar-refractivity contribution in [3.63, 3.8) is 0 Å². The molecule has 4 heteroatoms. The largest absolute Gasteiger partial charge is 0.310 e. The molecule has 0 aliphatic heterocycles. The average Bonchev–Trinajstić information content (AvgIpc) is 3.87. The Morgan fingerprint density at radius 3 is 1.07 bits per heavy atom. The molecule has 0 amide bonds. The van der Waals surface area contributed by atoms with E-state index in [0.717, 1.165) is 22.7 Å². The van der Waals surface area contributed by atoms with Crippen LogP contribution >= 0.6 is 22.7 Å². The van der Waals surface area contributed by atoms with Crippen molar-refractivity contribution in [2.24, 2.45) is 0 Å². The van der Waals surface area contributed by atoms with Crippen LogP contribution in [0.5, 0.6) is 0 Å². The summed E-state index contributed by atoms with van der Waals surface area (Å²) >= 11 is 3.73. The van der Waals surface area contributed by atoms with E-state index in [1.54, 1.807) is 0 Å². The summed E-state index contributed by atoms with van der Waals surface area (Å²) in [5.41, 5.74) is 6.88. The third-order valence-electron chi connectivity index (χ3n) is 12.3. The summed E-state index contributed by atoms with van der Waals surface area (Å²) in [5.74, 6) is 0. The van der Waals surface area contributed by atoms with E-state index in [4.69, 9.17) is 0 Å². The summed E-state index contributed by atoms with van der Waals surface area (Å²) in [4.78, 5) is 4.94. The van der Waals surface area contributed by atoms with E-state index in [1.807, 2.05) is 22.7 Å². The lowest BCUT2D eigenvalue weighted by atomic mass is 9.87. The molecule has 0 bridgehead atoms. The highest BCUT2D eigenvalue weighted by molar-refractivity contribution is 7.26. The third kappa shape index (κ3) is 4.99. The fourth-order valence-electron chi connectivity index (χ4n) is 9.76. The quantitative estimate of drug-likeness (QED) is 0.122. The molecule has 60 heavy (non-hydrogen) atoms. The van der Waals surface area contributed by atoms with Gasteiger partial charge in [0.25, 0.3) is 0 Å². The minimum atomic E-state index is 1.13. The first kappa shape index (κ1) is 33.7. The molecule has 0 radical (unpaired) electrons. The zero-order valence-corrected chi connectivity index (χ0v) is 34.0. The van der Waals surface area contributed by atoms with E-state index in [1.165, 1.54) is 94.8 Å². The molecule has 13 rings (SSSR count). The predicted octanol–water partition coefficient (Wildman–Crippen LogP) is 17.4. The van der Waals surface area contributed by atoms with Crippen LogP contribution in [0.4, 0.5) is 34.1 Å². The van der Waals surface area contributed by atoms with Crippen molar-refractivity contribution in [2.75, 3.05) is 9.80 Å². The molecule has 0 aliphatic carbocycles. The number of hydrogen-bond donors (Lipinski definition) is 0. The summed E-state index contributed by atoms with van der Waals surface area (Å²) in [6.07, 6.45) is 0. The van der Waals surface area contributed by atoms with E-state index in [9.17, 15) is 0 Å². The molecule has 0 saturated carbocycles. The van der Waals surface area contributed by atoms with Gasteiger partial charge in [0.1, 0.15) is 0 Å². The SMILES string of the molecule is c1ccc(N(c2ccc3c(c2)sc2ccccc23)c2ccc3ccc4ccc(N(c5ccccc5)c5ccc6c(c5)sc5ccccc56)c5c6ccccc6c2c3c45)cc1. The van der Waals surface area contributed by atoms with Gasteiger partial charge in [0.2, 0.25) is 0 Å². The first-order chi connectivity index (χ1) is 29.8. The molecule has 0 saturated heterocycles. The van der Waals surface area contributed by atoms with Crippen molar-refractivity contribution in [1.82, 2.24) is 0 Å². The van der Waals surface area contributed by atoms with E-state index in [0.29, 0.717) is 0 Å². The van der Waals surface area contributed by atoms with Gasteiger partial charge in [0, 0.05) is 84.6 Å². The predicted molar refractivity (Wildman–Crippen MR) is 263 cm³/mol. The number of benzene rings is 11. The van der Waals surface area contributed by atoms with E-state index < -0.39 is 0 Å². The molecule has 2 nitrogen and oxygen atoms in total. The average molecular weight is 799 g/mol. The van der Waals surface area contributed by atoms with Gasteiger partial charge < -0.3 is 9.80 Å². The van der Waals surface area contributed by atoms with E-state index in [2.05, 4.69) is 216 Å². The van der Waals surface area contributed by atoms with Crippen LogP contribution in [0.1, 0.15) is 0 Å². The highest BCUT2D eigenvalue weighted by atomic mass is 32.1. The Bertz CT molecular complexity index is 3540. The Labute approximate surface area is 354 Å². The molecule has 0 spiro atoms. The van der Waals surface area contributed by atoms with Gasteiger partial charge in [0.15, 0.2) is 0 Å². The Kier molecular flexibility index (Phi) is 7.38. The summed E-state index contributed by atoms with van der Waals surface area (Å²) in [5, 5.41) is 15.3. The third-order valence-corrected chi connectivity index (χ3v) is 14.6. The molecule has 0 fully saturated rings. The van der Waals surface area contributed by atoms with Gasteiger partial charge in [-0.05, 0) is 94.3 Å². The lowest BCUT2D eigenvalue weighted by Crippen LogP contribution is -2.12. The van der Waals surface area contributed by atoms with Crippen molar-refractivity contribution in [3.8, 4) is 0 Å². The number of rotatable bonds is 6. The van der Waals surface area contributed by atoms with Gasteiger partial charge in [-0.1, -0.05) is 133 Å². The Morgan fingerprint density at radius 1 is 0.250 bits per heavy atom. The maximum Gasteiger partial charge on any atom is 0.0546 e. The Morgan fingerprint density at radius 2 is 0.617 bits per heavy atom. The maximum atomic E-state index is 2.47. The molecule has 13 aromatic rings. The summed E-state index contributed by atoms with van der Waals surface area (Å²) in [7, 11) is 0. The van der Waals surface area contributed by atoms with Crippen LogP contribution < -0.4 is 9.80 Å². The molecule has 0 N–H and O–H groups in total. The number of anilines is 6. The van der Waals surface area contributed by atoms with Crippen molar-refractivity contribution in [1.29, 1.82) is 0 Å². The molecule has 0 aliphatic rings. The summed E-state index contributed by atoms with van der Waals surface area (Å²) in [6, 6.07) is 76.3. The van der Waals surface area contributed by atoms with Gasteiger partial charge in [0.05, 0.1) is 11.4 Å². The fourth-order valence-corrected chi connectivity index (χ4v) is 12.0. The minimum absolute atomic E-state index is 1.13. The van der Waals surface area contributed by atoms with Gasteiger partial charge in [-0.15, -0.1) is 22.7 Å². The van der Waals surface area contributed by atoms with Gasteiger partial charge in [-0.2, -0.15) is 0 Å². The highest BCUT2D eigenvalue weighted by Gasteiger charge is 2.25. The first-order valence-corrected chi connectivity index (χ1v) is 22.1. The van der Waals surface area contributed by atoms with Crippen molar-refractivity contribution >= 4 is 140 Å². The monoisotopic (exact) mass is 798 g/mol. The zero-order chi connectivity index (χ0) is 39.3. The van der Waals surface area contributed by atoms with Crippen molar-refractivity contribution < 1.29 is 0 Å². The van der Waals surface area contributed by atoms with Crippen LogP contribution in [0.15, 0.2) is 206 Å². The van der Waals surface area contributed by atoms with Gasteiger partial charge in [-0.3, -0.25) is 0 Å². The number of para-hydroxylation sites is 2. The zero-order valence-electron chi connectivity index (χ0n) is 32.3. The second kappa shape index (κ2) is 13.1. The first-order valence-electron chi connectivity index (χ1n) is 20.4.